The Labute approximate surface area is 209 Å². The van der Waals surface area contributed by atoms with Crippen molar-refractivity contribution in [2.24, 2.45) is 0 Å². The number of fused-ring (bicyclic) bond motifs is 1. The number of carbonyl (C=O) groups is 1. The van der Waals surface area contributed by atoms with Crippen LogP contribution in [0.1, 0.15) is 22.3 Å². The fraction of sp³-hybridized carbons (Fsp3) is 0.103. The summed E-state index contributed by atoms with van der Waals surface area (Å²) in [6.45, 7) is 4.51. The van der Waals surface area contributed by atoms with Gasteiger partial charge in [-0.3, -0.25) is 9.69 Å². The standard InChI is InChI=1S/C29H23NO2S2/c1-19-13-14-26(20(2)15-19)30-28(31)27(34-29(30)33)17-21-7-5-11-24(16-21)32-18-23-10-6-9-22-8-3-4-12-25(22)23/h3-17H,18H2,1-2H3/b27-17+. The molecule has 0 atom stereocenters. The molecule has 1 aliphatic rings. The normalized spacial score (nSPS) is 14.9. The second kappa shape index (κ2) is 9.45. The van der Waals surface area contributed by atoms with Gasteiger partial charge >= 0.3 is 0 Å². The Morgan fingerprint density at radius 2 is 1.74 bits per heavy atom. The van der Waals surface area contributed by atoms with Crippen LogP contribution in [0.4, 0.5) is 5.69 Å². The van der Waals surface area contributed by atoms with Gasteiger partial charge in [0.15, 0.2) is 4.32 Å². The van der Waals surface area contributed by atoms with E-state index in [9.17, 15) is 4.79 Å². The third-order valence-corrected chi connectivity index (χ3v) is 7.12. The van der Waals surface area contributed by atoms with Crippen LogP contribution in [0.5, 0.6) is 5.75 Å². The zero-order chi connectivity index (χ0) is 23.7. The Morgan fingerprint density at radius 3 is 2.59 bits per heavy atom. The van der Waals surface area contributed by atoms with E-state index in [4.69, 9.17) is 17.0 Å². The first-order valence-electron chi connectivity index (χ1n) is 11.0. The molecule has 1 saturated heterocycles. The quantitative estimate of drug-likeness (QED) is 0.219. The van der Waals surface area contributed by atoms with Crippen LogP contribution in [0.15, 0.2) is 89.8 Å². The fourth-order valence-corrected chi connectivity index (χ4v) is 5.44. The number of hydrogen-bond acceptors (Lipinski definition) is 4. The van der Waals surface area contributed by atoms with Crippen LogP contribution in [0.25, 0.3) is 16.8 Å². The molecule has 168 valence electrons. The van der Waals surface area contributed by atoms with Gasteiger partial charge < -0.3 is 4.74 Å². The number of amides is 1. The van der Waals surface area contributed by atoms with Crippen molar-refractivity contribution in [3.8, 4) is 5.75 Å². The van der Waals surface area contributed by atoms with Crippen LogP contribution in [0, 0.1) is 13.8 Å². The summed E-state index contributed by atoms with van der Waals surface area (Å²) >= 11 is 6.88. The first-order valence-corrected chi connectivity index (χ1v) is 12.3. The molecule has 3 nitrogen and oxygen atoms in total. The molecular formula is C29H23NO2S2. The molecule has 1 fully saturated rings. The maximum atomic E-state index is 13.2. The lowest BCUT2D eigenvalue weighted by molar-refractivity contribution is -0.113. The van der Waals surface area contributed by atoms with E-state index >= 15 is 0 Å². The van der Waals surface area contributed by atoms with Crippen molar-refractivity contribution in [2.75, 3.05) is 4.90 Å². The summed E-state index contributed by atoms with van der Waals surface area (Å²) in [4.78, 5) is 15.4. The van der Waals surface area contributed by atoms with Crippen molar-refractivity contribution in [3.05, 3.63) is 112 Å². The maximum Gasteiger partial charge on any atom is 0.270 e. The molecule has 0 spiro atoms. The molecule has 0 bridgehead atoms. The summed E-state index contributed by atoms with van der Waals surface area (Å²) in [5, 5.41) is 2.39. The van der Waals surface area contributed by atoms with Crippen LogP contribution in [-0.4, -0.2) is 10.2 Å². The van der Waals surface area contributed by atoms with E-state index in [1.165, 1.54) is 22.5 Å². The number of rotatable bonds is 5. The average Bonchev–Trinajstić information content (AvgIpc) is 3.10. The van der Waals surface area contributed by atoms with Crippen LogP contribution in [0.3, 0.4) is 0 Å². The Morgan fingerprint density at radius 1 is 0.941 bits per heavy atom. The summed E-state index contributed by atoms with van der Waals surface area (Å²) in [5.74, 6) is 0.663. The van der Waals surface area contributed by atoms with E-state index in [0.717, 1.165) is 33.7 Å². The number of anilines is 1. The second-order valence-electron chi connectivity index (χ2n) is 8.31. The Hall–Kier alpha value is -3.41. The number of thiocarbonyl (C=S) groups is 1. The Kier molecular flexibility index (Phi) is 6.22. The fourth-order valence-electron chi connectivity index (χ4n) is 4.16. The molecule has 1 amide bonds. The van der Waals surface area contributed by atoms with Crippen LogP contribution in [0.2, 0.25) is 0 Å². The third-order valence-electron chi connectivity index (χ3n) is 5.82. The molecule has 4 aromatic rings. The lowest BCUT2D eigenvalue weighted by atomic mass is 10.1. The molecule has 4 aromatic carbocycles. The largest absolute Gasteiger partial charge is 0.489 e. The van der Waals surface area contributed by atoms with Crippen molar-refractivity contribution in [2.45, 2.75) is 20.5 Å². The number of aryl methyl sites for hydroxylation is 2. The van der Waals surface area contributed by atoms with E-state index in [0.29, 0.717) is 15.8 Å². The number of ether oxygens (including phenoxy) is 1. The third kappa shape index (κ3) is 4.49. The molecule has 0 aliphatic carbocycles. The van der Waals surface area contributed by atoms with Crippen molar-refractivity contribution in [1.29, 1.82) is 0 Å². The van der Waals surface area contributed by atoms with Gasteiger partial charge in [-0.15, -0.1) is 0 Å². The number of thioether (sulfide) groups is 1. The van der Waals surface area contributed by atoms with Crippen molar-refractivity contribution < 1.29 is 9.53 Å². The van der Waals surface area contributed by atoms with Crippen molar-refractivity contribution in [1.82, 2.24) is 0 Å². The van der Waals surface area contributed by atoms with Crippen LogP contribution in [-0.2, 0) is 11.4 Å². The SMILES string of the molecule is Cc1ccc(N2C(=O)/C(=C\c3cccc(OCc4cccc5ccccc45)c3)SC2=S)c(C)c1. The summed E-state index contributed by atoms with van der Waals surface area (Å²) in [6.07, 6.45) is 1.88. The molecular weight excluding hydrogens is 458 g/mol. The van der Waals surface area contributed by atoms with Crippen molar-refractivity contribution >= 4 is 56.7 Å². The van der Waals surface area contributed by atoms with Gasteiger partial charge in [0.25, 0.3) is 5.91 Å². The zero-order valence-corrected chi connectivity index (χ0v) is 20.6. The van der Waals surface area contributed by atoms with Crippen molar-refractivity contribution in [3.63, 3.8) is 0 Å². The highest BCUT2D eigenvalue weighted by atomic mass is 32.2. The highest BCUT2D eigenvalue weighted by Crippen LogP contribution is 2.37. The van der Waals surface area contributed by atoms with Gasteiger partial charge in [-0.05, 0) is 65.6 Å². The predicted octanol–water partition coefficient (Wildman–Crippen LogP) is 7.44. The van der Waals surface area contributed by atoms with E-state index < -0.39 is 0 Å². The lowest BCUT2D eigenvalue weighted by Gasteiger charge is -2.17. The molecule has 0 saturated carbocycles. The van der Waals surface area contributed by atoms with Crippen LogP contribution >= 0.6 is 24.0 Å². The van der Waals surface area contributed by atoms with Gasteiger partial charge in [0.05, 0.1) is 10.6 Å². The van der Waals surface area contributed by atoms with E-state index in [1.54, 1.807) is 4.90 Å². The van der Waals surface area contributed by atoms with Gasteiger partial charge in [-0.25, -0.2) is 0 Å². The molecule has 0 radical (unpaired) electrons. The molecule has 1 aliphatic heterocycles. The first-order chi connectivity index (χ1) is 16.5. The smallest absolute Gasteiger partial charge is 0.270 e. The minimum atomic E-state index is -0.0935. The number of carbonyl (C=O) groups excluding carboxylic acids is 1. The van der Waals surface area contributed by atoms with Gasteiger partial charge in [0, 0.05) is 0 Å². The number of nitrogens with zero attached hydrogens (tertiary/aromatic N) is 1. The predicted molar refractivity (Wildman–Crippen MR) is 146 cm³/mol. The molecule has 0 aromatic heterocycles. The van der Waals surface area contributed by atoms with Gasteiger partial charge in [0.1, 0.15) is 12.4 Å². The zero-order valence-electron chi connectivity index (χ0n) is 18.9. The lowest BCUT2D eigenvalue weighted by Crippen LogP contribution is -2.28. The molecule has 1 heterocycles. The molecule has 5 rings (SSSR count). The monoisotopic (exact) mass is 481 g/mol. The average molecular weight is 482 g/mol. The summed E-state index contributed by atoms with van der Waals surface area (Å²) in [6, 6.07) is 28.4. The second-order valence-corrected chi connectivity index (χ2v) is 9.98. The summed E-state index contributed by atoms with van der Waals surface area (Å²) in [7, 11) is 0. The van der Waals surface area contributed by atoms with Gasteiger partial charge in [-0.1, -0.05) is 96.3 Å². The molecule has 0 unspecified atom stereocenters. The number of benzene rings is 4. The minimum Gasteiger partial charge on any atom is -0.489 e. The first kappa shape index (κ1) is 22.4. The number of hydrogen-bond donors (Lipinski definition) is 0. The highest BCUT2D eigenvalue weighted by molar-refractivity contribution is 8.27. The van der Waals surface area contributed by atoms with E-state index in [1.807, 2.05) is 68.5 Å². The highest BCUT2D eigenvalue weighted by Gasteiger charge is 2.34. The summed E-state index contributed by atoms with van der Waals surface area (Å²) in [5.41, 5.74) is 5.06. The van der Waals surface area contributed by atoms with E-state index in [2.05, 4.69) is 36.4 Å². The minimum absolute atomic E-state index is 0.0935. The van der Waals surface area contributed by atoms with Gasteiger partial charge in [-0.2, -0.15) is 0 Å². The molecule has 0 N–H and O–H groups in total. The maximum absolute atomic E-state index is 13.2. The Balaban J connectivity index is 1.35. The molecule has 5 heteroatoms. The Bertz CT molecular complexity index is 1450. The van der Waals surface area contributed by atoms with E-state index in [-0.39, 0.29) is 5.91 Å². The topological polar surface area (TPSA) is 29.5 Å². The summed E-state index contributed by atoms with van der Waals surface area (Å²) < 4.78 is 6.66. The molecule has 34 heavy (non-hydrogen) atoms. The van der Waals surface area contributed by atoms with Crippen LogP contribution < -0.4 is 9.64 Å². The van der Waals surface area contributed by atoms with Gasteiger partial charge in [0.2, 0.25) is 0 Å².